The van der Waals surface area contributed by atoms with E-state index in [1.165, 1.54) is 11.8 Å². The second kappa shape index (κ2) is 9.13. The molecule has 0 bridgehead atoms. The lowest BCUT2D eigenvalue weighted by atomic mass is 10.2. The van der Waals surface area contributed by atoms with Crippen LogP contribution in [0.3, 0.4) is 0 Å². The molecule has 0 fully saturated rings. The Hall–Kier alpha value is -2.47. The van der Waals surface area contributed by atoms with Crippen LogP contribution in [-0.2, 0) is 0 Å². The van der Waals surface area contributed by atoms with Crippen molar-refractivity contribution >= 4 is 11.8 Å². The van der Waals surface area contributed by atoms with Gasteiger partial charge in [0.25, 0.3) is 5.22 Å². The van der Waals surface area contributed by atoms with E-state index in [2.05, 4.69) is 17.1 Å². The molecule has 0 spiro atoms. The molecule has 0 unspecified atom stereocenters. The standard InChI is InChI=1S/C19H20N2O3S/c1-2-12-22-16-8-10-17(11-9-16)23-13-14-25-19-21-20-18(24-19)15-6-4-3-5-7-15/h3-11H,2,12-14H2,1H3. The molecular weight excluding hydrogens is 336 g/mol. The van der Waals surface area contributed by atoms with Crippen LogP contribution in [0.15, 0.2) is 64.2 Å². The van der Waals surface area contributed by atoms with Crippen molar-refractivity contribution in [2.24, 2.45) is 0 Å². The van der Waals surface area contributed by atoms with Crippen molar-refractivity contribution in [3.63, 3.8) is 0 Å². The van der Waals surface area contributed by atoms with Crippen LogP contribution in [-0.4, -0.2) is 29.2 Å². The number of aromatic nitrogens is 2. The Morgan fingerprint density at radius 1 is 0.880 bits per heavy atom. The van der Waals surface area contributed by atoms with Gasteiger partial charge in [-0.2, -0.15) is 0 Å². The first-order valence-electron chi connectivity index (χ1n) is 8.22. The molecule has 5 nitrogen and oxygen atoms in total. The van der Waals surface area contributed by atoms with Gasteiger partial charge >= 0.3 is 0 Å². The zero-order valence-corrected chi connectivity index (χ0v) is 14.9. The molecule has 1 heterocycles. The highest BCUT2D eigenvalue weighted by Crippen LogP contribution is 2.23. The monoisotopic (exact) mass is 356 g/mol. The van der Waals surface area contributed by atoms with E-state index < -0.39 is 0 Å². The molecule has 0 aliphatic heterocycles. The maximum Gasteiger partial charge on any atom is 0.276 e. The van der Waals surface area contributed by atoms with Gasteiger partial charge in [0.15, 0.2) is 0 Å². The largest absolute Gasteiger partial charge is 0.494 e. The summed E-state index contributed by atoms with van der Waals surface area (Å²) in [4.78, 5) is 0. The number of hydrogen-bond donors (Lipinski definition) is 0. The summed E-state index contributed by atoms with van der Waals surface area (Å²) in [7, 11) is 0. The Morgan fingerprint density at radius 3 is 2.24 bits per heavy atom. The molecule has 130 valence electrons. The van der Waals surface area contributed by atoms with E-state index in [0.717, 1.165) is 35.8 Å². The van der Waals surface area contributed by atoms with Crippen molar-refractivity contribution in [2.45, 2.75) is 18.6 Å². The summed E-state index contributed by atoms with van der Waals surface area (Å²) in [5, 5.41) is 8.66. The molecule has 0 aliphatic carbocycles. The number of benzene rings is 2. The third kappa shape index (κ3) is 5.26. The van der Waals surface area contributed by atoms with Gasteiger partial charge < -0.3 is 13.9 Å². The lowest BCUT2D eigenvalue weighted by Crippen LogP contribution is -2.00. The molecule has 1 aromatic heterocycles. The van der Waals surface area contributed by atoms with Gasteiger partial charge in [-0.25, -0.2) is 0 Å². The number of rotatable bonds is 9. The van der Waals surface area contributed by atoms with Crippen LogP contribution in [0.25, 0.3) is 11.5 Å². The molecule has 0 saturated carbocycles. The van der Waals surface area contributed by atoms with E-state index in [1.807, 2.05) is 54.6 Å². The normalized spacial score (nSPS) is 10.6. The van der Waals surface area contributed by atoms with Crippen LogP contribution in [0, 0.1) is 0 Å². The van der Waals surface area contributed by atoms with Gasteiger partial charge in [-0.05, 0) is 42.8 Å². The fourth-order valence-electron chi connectivity index (χ4n) is 2.11. The van der Waals surface area contributed by atoms with Crippen molar-refractivity contribution in [3.05, 3.63) is 54.6 Å². The summed E-state index contributed by atoms with van der Waals surface area (Å²) in [5.74, 6) is 2.94. The third-order valence-electron chi connectivity index (χ3n) is 3.30. The maximum absolute atomic E-state index is 5.71. The van der Waals surface area contributed by atoms with Crippen molar-refractivity contribution < 1.29 is 13.9 Å². The number of thioether (sulfide) groups is 1. The highest BCUT2D eigenvalue weighted by molar-refractivity contribution is 7.99. The predicted molar refractivity (Wildman–Crippen MR) is 98.2 cm³/mol. The summed E-state index contributed by atoms with van der Waals surface area (Å²) in [6.07, 6.45) is 0.997. The Bertz CT molecular complexity index is 760. The minimum atomic E-state index is 0.534. The van der Waals surface area contributed by atoms with E-state index in [0.29, 0.717) is 17.7 Å². The van der Waals surface area contributed by atoms with Crippen molar-refractivity contribution in [1.82, 2.24) is 10.2 Å². The van der Waals surface area contributed by atoms with Gasteiger partial charge in [0, 0.05) is 11.3 Å². The summed E-state index contributed by atoms with van der Waals surface area (Å²) in [5.41, 5.74) is 0.920. The number of ether oxygens (including phenoxy) is 2. The first kappa shape index (κ1) is 17.4. The Balaban J connectivity index is 1.42. The third-order valence-corrected chi connectivity index (χ3v) is 4.08. The summed E-state index contributed by atoms with van der Waals surface area (Å²) >= 11 is 1.48. The minimum Gasteiger partial charge on any atom is -0.494 e. The second-order valence-electron chi connectivity index (χ2n) is 5.26. The summed E-state index contributed by atoms with van der Waals surface area (Å²) < 4.78 is 16.9. The Morgan fingerprint density at radius 2 is 1.56 bits per heavy atom. The highest BCUT2D eigenvalue weighted by atomic mass is 32.2. The predicted octanol–water partition coefficient (Wildman–Crippen LogP) is 4.70. The summed E-state index contributed by atoms with van der Waals surface area (Å²) in [6, 6.07) is 17.4. The van der Waals surface area contributed by atoms with Crippen LogP contribution >= 0.6 is 11.8 Å². The second-order valence-corrected chi connectivity index (χ2v) is 6.30. The molecule has 0 N–H and O–H groups in total. The van der Waals surface area contributed by atoms with Crippen LogP contribution < -0.4 is 9.47 Å². The van der Waals surface area contributed by atoms with Crippen molar-refractivity contribution in [3.8, 4) is 23.0 Å². The number of hydrogen-bond acceptors (Lipinski definition) is 6. The van der Waals surface area contributed by atoms with Crippen LogP contribution in [0.4, 0.5) is 0 Å². The molecule has 0 radical (unpaired) electrons. The van der Waals surface area contributed by atoms with Gasteiger partial charge in [-0.15, -0.1) is 10.2 Å². The van der Waals surface area contributed by atoms with E-state index in [-0.39, 0.29) is 0 Å². The van der Waals surface area contributed by atoms with Crippen LogP contribution in [0.2, 0.25) is 0 Å². The molecule has 3 rings (SSSR count). The van der Waals surface area contributed by atoms with Gasteiger partial charge in [0.1, 0.15) is 11.5 Å². The SMILES string of the molecule is CCCOc1ccc(OCCSc2nnc(-c3ccccc3)o2)cc1. The van der Waals surface area contributed by atoms with E-state index in [9.17, 15) is 0 Å². The van der Waals surface area contributed by atoms with Crippen molar-refractivity contribution in [2.75, 3.05) is 19.0 Å². The molecule has 0 aliphatic rings. The van der Waals surface area contributed by atoms with Gasteiger partial charge in [0.2, 0.25) is 5.89 Å². The molecule has 25 heavy (non-hydrogen) atoms. The van der Waals surface area contributed by atoms with Crippen LogP contribution in [0.1, 0.15) is 13.3 Å². The smallest absolute Gasteiger partial charge is 0.276 e. The van der Waals surface area contributed by atoms with Crippen LogP contribution in [0.5, 0.6) is 11.5 Å². The first-order chi connectivity index (χ1) is 12.3. The molecule has 0 atom stereocenters. The average molecular weight is 356 g/mol. The maximum atomic E-state index is 5.71. The molecule has 0 saturated heterocycles. The van der Waals surface area contributed by atoms with E-state index in [4.69, 9.17) is 13.9 Å². The van der Waals surface area contributed by atoms with E-state index in [1.54, 1.807) is 0 Å². The van der Waals surface area contributed by atoms with E-state index >= 15 is 0 Å². The molecule has 3 aromatic rings. The van der Waals surface area contributed by atoms with Crippen molar-refractivity contribution in [1.29, 1.82) is 0 Å². The molecular formula is C19H20N2O3S. The first-order valence-corrected chi connectivity index (χ1v) is 9.21. The molecule has 0 amide bonds. The topological polar surface area (TPSA) is 57.4 Å². The van der Waals surface area contributed by atoms with Gasteiger partial charge in [-0.1, -0.05) is 36.9 Å². The average Bonchev–Trinajstić information content (AvgIpc) is 3.14. The quantitative estimate of drug-likeness (QED) is 0.409. The minimum absolute atomic E-state index is 0.534. The molecule has 2 aromatic carbocycles. The molecule has 6 heteroatoms. The zero-order valence-electron chi connectivity index (χ0n) is 14.1. The fraction of sp³-hybridized carbons (Fsp3) is 0.263. The Kier molecular flexibility index (Phi) is 6.34. The van der Waals surface area contributed by atoms with Gasteiger partial charge in [-0.3, -0.25) is 0 Å². The number of nitrogens with zero attached hydrogens (tertiary/aromatic N) is 2. The zero-order chi connectivity index (χ0) is 17.3. The van der Waals surface area contributed by atoms with Gasteiger partial charge in [0.05, 0.1) is 13.2 Å². The Labute approximate surface area is 151 Å². The lowest BCUT2D eigenvalue weighted by Gasteiger charge is -2.07. The fourth-order valence-corrected chi connectivity index (χ4v) is 2.68. The lowest BCUT2D eigenvalue weighted by molar-refractivity contribution is 0.314. The highest BCUT2D eigenvalue weighted by Gasteiger charge is 2.08. The summed E-state index contributed by atoms with van der Waals surface area (Å²) in [6.45, 7) is 3.37.